The maximum Gasteiger partial charge on any atom is 0.0484 e. The van der Waals surface area contributed by atoms with E-state index in [4.69, 9.17) is 0 Å². The van der Waals surface area contributed by atoms with Crippen LogP contribution in [0, 0.1) is 0 Å². The van der Waals surface area contributed by atoms with Gasteiger partial charge in [-0.1, -0.05) is 0 Å². The van der Waals surface area contributed by atoms with E-state index in [1.54, 1.807) is 6.26 Å². The van der Waals surface area contributed by atoms with E-state index in [1.165, 1.54) is 0 Å². The number of hydrogen-bond acceptors (Lipinski definition) is 2. The monoisotopic (exact) mass is 133 g/mol. The Kier molecular flexibility index (Phi) is 1.56. The molecule has 0 aliphatic carbocycles. The minimum absolute atomic E-state index is 0.812. The van der Waals surface area contributed by atoms with Crippen molar-refractivity contribution in [2.45, 2.75) is 12.8 Å². The molecule has 0 radical (unpaired) electrons. The highest BCUT2D eigenvalue weighted by molar-refractivity contribution is 7.92. The maximum absolute atomic E-state index is 11.0. The molecule has 0 saturated carbocycles. The van der Waals surface area contributed by atoms with Crippen molar-refractivity contribution in [2.75, 3.05) is 18.6 Å². The molecule has 0 aromatic rings. The molecule has 0 spiro atoms. The molecule has 1 aliphatic heterocycles. The molecular formula is C5H11NOS. The maximum atomic E-state index is 11.0. The largest absolute Gasteiger partial charge is 0.250 e. The third kappa shape index (κ3) is 1.47. The van der Waals surface area contributed by atoms with E-state index in [9.17, 15) is 4.21 Å². The van der Waals surface area contributed by atoms with Crippen molar-refractivity contribution < 1.29 is 4.21 Å². The van der Waals surface area contributed by atoms with Gasteiger partial charge in [0.1, 0.15) is 0 Å². The summed E-state index contributed by atoms with van der Waals surface area (Å²) in [5.41, 5.74) is 0. The van der Waals surface area contributed by atoms with E-state index in [1.807, 2.05) is 0 Å². The second-order valence-corrected chi connectivity index (χ2v) is 4.81. The molecule has 1 heterocycles. The average molecular weight is 133 g/mol. The average Bonchev–Trinajstić information content (AvgIpc) is 1.65. The molecule has 1 aliphatic rings. The topological polar surface area (TPSA) is 29.4 Å². The summed E-state index contributed by atoms with van der Waals surface area (Å²) in [4.78, 5) is 0. The van der Waals surface area contributed by atoms with Gasteiger partial charge in [0.25, 0.3) is 0 Å². The van der Waals surface area contributed by atoms with E-state index in [-0.39, 0.29) is 0 Å². The fourth-order valence-electron chi connectivity index (χ4n) is 0.804. The van der Waals surface area contributed by atoms with Crippen molar-refractivity contribution in [1.82, 2.24) is 0 Å². The van der Waals surface area contributed by atoms with Gasteiger partial charge in [0.15, 0.2) is 0 Å². The minimum atomic E-state index is -1.71. The summed E-state index contributed by atoms with van der Waals surface area (Å²) in [7, 11) is -1.71. The van der Waals surface area contributed by atoms with Gasteiger partial charge in [0, 0.05) is 28.3 Å². The zero-order chi connectivity index (χ0) is 6.04. The van der Waals surface area contributed by atoms with Crippen molar-refractivity contribution in [3.8, 4) is 0 Å². The fraction of sp³-hybridized carbons (Fsp3) is 1.00. The van der Waals surface area contributed by atoms with Crippen LogP contribution in [-0.2, 0) is 9.73 Å². The Labute approximate surface area is 50.5 Å². The van der Waals surface area contributed by atoms with E-state index in [0.717, 1.165) is 25.1 Å². The van der Waals surface area contributed by atoms with Crippen LogP contribution in [0.3, 0.4) is 0 Å². The molecule has 0 saturated heterocycles. The van der Waals surface area contributed by atoms with Crippen molar-refractivity contribution >= 4 is 9.73 Å². The van der Waals surface area contributed by atoms with Gasteiger partial charge >= 0.3 is 0 Å². The zero-order valence-electron chi connectivity index (χ0n) is 5.09. The highest BCUT2D eigenvalue weighted by atomic mass is 32.2. The van der Waals surface area contributed by atoms with Gasteiger partial charge in [0.2, 0.25) is 0 Å². The molecule has 0 bridgehead atoms. The lowest BCUT2D eigenvalue weighted by atomic mass is 10.3. The lowest BCUT2D eigenvalue weighted by molar-refractivity contribution is 0.663. The van der Waals surface area contributed by atoms with Gasteiger partial charge < -0.3 is 0 Å². The second kappa shape index (κ2) is 2.05. The van der Waals surface area contributed by atoms with Crippen LogP contribution in [0.5, 0.6) is 0 Å². The minimum Gasteiger partial charge on any atom is -0.250 e. The summed E-state index contributed by atoms with van der Waals surface area (Å²) in [5, 5.41) is 0. The Morgan fingerprint density at radius 2 is 2.25 bits per heavy atom. The zero-order valence-corrected chi connectivity index (χ0v) is 5.91. The fourth-order valence-corrected chi connectivity index (χ4v) is 2.19. The summed E-state index contributed by atoms with van der Waals surface area (Å²) in [6, 6.07) is 0. The normalized spacial score (nSPS) is 38.6. The predicted molar refractivity (Wildman–Crippen MR) is 35.5 cm³/mol. The van der Waals surface area contributed by atoms with Crippen LogP contribution < -0.4 is 0 Å². The van der Waals surface area contributed by atoms with Gasteiger partial charge in [-0.25, -0.2) is 4.36 Å². The van der Waals surface area contributed by atoms with Gasteiger partial charge in [-0.05, 0) is 12.8 Å². The molecule has 0 amide bonds. The van der Waals surface area contributed by atoms with Crippen molar-refractivity contribution in [3.05, 3.63) is 0 Å². The summed E-state index contributed by atoms with van der Waals surface area (Å²) >= 11 is 0. The van der Waals surface area contributed by atoms with Gasteiger partial charge in [-0.2, -0.15) is 0 Å². The number of nitrogens with zero attached hydrogens (tertiary/aromatic N) is 1. The molecular weight excluding hydrogens is 122 g/mol. The number of hydrogen-bond donors (Lipinski definition) is 0. The van der Waals surface area contributed by atoms with Crippen LogP contribution in [0.2, 0.25) is 0 Å². The Morgan fingerprint density at radius 1 is 1.50 bits per heavy atom. The third-order valence-electron chi connectivity index (χ3n) is 1.30. The van der Waals surface area contributed by atoms with Crippen LogP contribution in [0.25, 0.3) is 0 Å². The standard InChI is InChI=1S/C5H11NOS/c1-8(7)5-3-2-4-6-8/h2-5H2,1H3/t8-/m1/s1. The molecule has 1 atom stereocenters. The summed E-state index contributed by atoms with van der Waals surface area (Å²) in [6.07, 6.45) is 3.97. The van der Waals surface area contributed by atoms with Crippen LogP contribution in [0.4, 0.5) is 0 Å². The SMILES string of the molecule is C[S@]1(=O)=NCCCC1. The number of rotatable bonds is 0. The first-order valence-electron chi connectivity index (χ1n) is 2.86. The molecule has 0 aromatic heterocycles. The van der Waals surface area contributed by atoms with E-state index < -0.39 is 9.73 Å². The van der Waals surface area contributed by atoms with Crippen molar-refractivity contribution in [3.63, 3.8) is 0 Å². The molecule has 0 aromatic carbocycles. The molecule has 2 nitrogen and oxygen atoms in total. The highest BCUT2D eigenvalue weighted by Gasteiger charge is 2.04. The quantitative estimate of drug-likeness (QED) is 0.482. The first-order valence-corrected chi connectivity index (χ1v) is 4.95. The van der Waals surface area contributed by atoms with E-state index in [0.29, 0.717) is 0 Å². The van der Waals surface area contributed by atoms with Crippen LogP contribution in [0.1, 0.15) is 12.8 Å². The smallest absolute Gasteiger partial charge is 0.0484 e. The molecule has 3 heteroatoms. The Balaban J connectivity index is 2.79. The van der Waals surface area contributed by atoms with Gasteiger partial charge in [-0.3, -0.25) is 4.21 Å². The van der Waals surface area contributed by atoms with E-state index >= 15 is 0 Å². The molecule has 48 valence electrons. The Hall–Kier alpha value is -0.0500. The lowest BCUT2D eigenvalue weighted by Gasteiger charge is -2.08. The van der Waals surface area contributed by atoms with Gasteiger partial charge in [-0.15, -0.1) is 0 Å². The molecule has 0 fully saturated rings. The van der Waals surface area contributed by atoms with Crippen LogP contribution in [-0.4, -0.2) is 22.8 Å². The third-order valence-corrected chi connectivity index (χ3v) is 3.07. The van der Waals surface area contributed by atoms with E-state index in [2.05, 4.69) is 4.36 Å². The van der Waals surface area contributed by atoms with Gasteiger partial charge in [0.05, 0.1) is 0 Å². The second-order valence-electron chi connectivity index (χ2n) is 2.22. The summed E-state index contributed by atoms with van der Waals surface area (Å²) in [5.74, 6) is 0.812. The van der Waals surface area contributed by atoms with Crippen LogP contribution in [0.15, 0.2) is 4.36 Å². The molecule has 8 heavy (non-hydrogen) atoms. The highest BCUT2D eigenvalue weighted by Crippen LogP contribution is 2.05. The summed E-state index contributed by atoms with van der Waals surface area (Å²) < 4.78 is 15.0. The first-order chi connectivity index (χ1) is 3.71. The summed E-state index contributed by atoms with van der Waals surface area (Å²) in [6.45, 7) is 0.815. The van der Waals surface area contributed by atoms with Crippen LogP contribution >= 0.6 is 0 Å². The van der Waals surface area contributed by atoms with Crippen molar-refractivity contribution in [1.29, 1.82) is 0 Å². The molecule has 0 N–H and O–H groups in total. The van der Waals surface area contributed by atoms with Crippen molar-refractivity contribution in [2.24, 2.45) is 4.36 Å². The Morgan fingerprint density at radius 3 is 2.50 bits per heavy atom. The molecule has 1 rings (SSSR count). The molecule has 0 unspecified atom stereocenters. The first kappa shape index (κ1) is 6.08. The lowest BCUT2D eigenvalue weighted by Crippen LogP contribution is -2.09. The predicted octanol–water partition coefficient (Wildman–Crippen LogP) is 0.878. The Bertz CT molecular complexity index is 179.